The molecule has 0 aromatic heterocycles. The third-order valence-corrected chi connectivity index (χ3v) is 6.40. The van der Waals surface area contributed by atoms with Crippen molar-refractivity contribution in [3.05, 3.63) is 77.0 Å². The number of carbonyl (C=O) groups excluding carboxylic acids is 4. The second-order valence-corrected chi connectivity index (χ2v) is 8.29. The van der Waals surface area contributed by atoms with E-state index in [-0.39, 0.29) is 17.7 Å². The zero-order valence-electron chi connectivity index (χ0n) is 21.6. The van der Waals surface area contributed by atoms with Crippen LogP contribution in [0.5, 0.6) is 5.75 Å². The van der Waals surface area contributed by atoms with Gasteiger partial charge in [0.25, 0.3) is 5.72 Å². The average molecular weight is 528 g/mol. The molecule has 0 radical (unpaired) electrons. The lowest BCUT2D eigenvalue weighted by Crippen LogP contribution is -2.66. The maximum absolute atomic E-state index is 13.4. The molecule has 0 bridgehead atoms. The van der Waals surface area contributed by atoms with Crippen molar-refractivity contribution >= 4 is 23.9 Å². The fourth-order valence-electron chi connectivity index (χ4n) is 4.63. The van der Waals surface area contributed by atoms with Gasteiger partial charge < -0.3 is 33.7 Å². The van der Waals surface area contributed by atoms with Crippen molar-refractivity contribution in [2.75, 3.05) is 35.5 Å². The Bertz CT molecular complexity index is 1220. The minimum Gasteiger partial charge on any atom is -0.497 e. The summed E-state index contributed by atoms with van der Waals surface area (Å²) in [4.78, 5) is 54.3. The Kier molecular flexibility index (Phi) is 8.74. The predicted molar refractivity (Wildman–Crippen MR) is 131 cm³/mol. The molecule has 2 aromatic carbocycles. The normalized spacial score (nSPS) is 20.8. The van der Waals surface area contributed by atoms with Crippen molar-refractivity contribution in [1.29, 1.82) is 0 Å². The Labute approximate surface area is 219 Å². The molecule has 11 nitrogen and oxygen atoms in total. The molecule has 0 spiro atoms. The van der Waals surface area contributed by atoms with E-state index in [1.807, 2.05) is 0 Å². The predicted octanol–water partition coefficient (Wildman–Crippen LogP) is 1.55. The molecule has 38 heavy (non-hydrogen) atoms. The largest absolute Gasteiger partial charge is 0.497 e. The summed E-state index contributed by atoms with van der Waals surface area (Å²) in [7, 11) is 5.74. The number of ether oxygens (including phenoxy) is 5. The number of hydrogen-bond donors (Lipinski definition) is 1. The molecule has 0 saturated heterocycles. The summed E-state index contributed by atoms with van der Waals surface area (Å²) in [6.45, 7) is -0.291. The van der Waals surface area contributed by atoms with E-state index in [9.17, 15) is 24.3 Å². The van der Waals surface area contributed by atoms with Crippen molar-refractivity contribution in [3.8, 4) is 5.75 Å². The van der Waals surface area contributed by atoms with Crippen LogP contribution in [0, 0.1) is 5.92 Å². The van der Waals surface area contributed by atoms with Gasteiger partial charge in [0.15, 0.2) is 0 Å². The van der Waals surface area contributed by atoms with E-state index >= 15 is 0 Å². The average Bonchev–Trinajstić information content (AvgIpc) is 2.96. The van der Waals surface area contributed by atoms with Crippen LogP contribution in [0.25, 0.3) is 0 Å². The second kappa shape index (κ2) is 11.8. The number of esters is 4. The van der Waals surface area contributed by atoms with Crippen molar-refractivity contribution in [2.45, 2.75) is 18.2 Å². The van der Waals surface area contributed by atoms with Gasteiger partial charge in [-0.3, -0.25) is 4.79 Å². The lowest BCUT2D eigenvalue weighted by Gasteiger charge is -2.49. The van der Waals surface area contributed by atoms with E-state index in [0.29, 0.717) is 11.3 Å². The first-order valence-electron chi connectivity index (χ1n) is 11.4. The molecule has 0 fully saturated rings. The van der Waals surface area contributed by atoms with Crippen molar-refractivity contribution in [2.24, 2.45) is 5.92 Å². The van der Waals surface area contributed by atoms with Crippen LogP contribution in [0.3, 0.4) is 0 Å². The molecule has 1 unspecified atom stereocenters. The Morgan fingerprint density at radius 1 is 0.816 bits per heavy atom. The third-order valence-electron chi connectivity index (χ3n) is 6.40. The van der Waals surface area contributed by atoms with Crippen LogP contribution in [0.15, 0.2) is 65.9 Å². The number of methoxy groups -OCH3 is 5. The number of hydrogen-bond acceptors (Lipinski definition) is 11. The maximum Gasteiger partial charge on any atom is 0.360 e. The highest BCUT2D eigenvalue weighted by atomic mass is 16.6. The van der Waals surface area contributed by atoms with E-state index in [4.69, 9.17) is 23.7 Å². The van der Waals surface area contributed by atoms with Gasteiger partial charge in [-0.2, -0.15) is 0 Å². The Hall–Kier alpha value is -4.38. The summed E-state index contributed by atoms with van der Waals surface area (Å²) >= 11 is 0. The molecule has 0 saturated carbocycles. The molecule has 202 valence electrons. The molecule has 1 aliphatic heterocycles. The van der Waals surface area contributed by atoms with E-state index < -0.39 is 47.1 Å². The van der Waals surface area contributed by atoms with Gasteiger partial charge in [0.2, 0.25) is 0 Å². The number of benzene rings is 2. The second-order valence-electron chi connectivity index (χ2n) is 8.29. The highest BCUT2D eigenvalue weighted by Crippen LogP contribution is 2.49. The monoisotopic (exact) mass is 527 g/mol. The summed E-state index contributed by atoms with van der Waals surface area (Å²) in [6.07, 6.45) is 0. The first-order valence-corrected chi connectivity index (χ1v) is 11.4. The lowest BCUT2D eigenvalue weighted by atomic mass is 9.70. The van der Waals surface area contributed by atoms with Gasteiger partial charge in [-0.25, -0.2) is 14.4 Å². The number of rotatable bonds is 8. The van der Waals surface area contributed by atoms with Gasteiger partial charge in [-0.1, -0.05) is 42.5 Å². The maximum atomic E-state index is 13.4. The fourth-order valence-corrected chi connectivity index (χ4v) is 4.63. The van der Waals surface area contributed by atoms with Crippen LogP contribution in [-0.4, -0.2) is 75.2 Å². The van der Waals surface area contributed by atoms with Crippen molar-refractivity contribution in [1.82, 2.24) is 4.90 Å². The van der Waals surface area contributed by atoms with Gasteiger partial charge in [0.05, 0.1) is 41.1 Å². The Morgan fingerprint density at radius 3 is 1.92 bits per heavy atom. The van der Waals surface area contributed by atoms with Gasteiger partial charge in [-0.15, -0.1) is 0 Å². The SMILES string of the molecule is COC(=O)C1=C(C(=O)OC)N(Cc2ccccc2)[C@@](O)(C(=O)OC)[C@H](C(=O)OC)C1c1ccc(OC)cc1. The molecular formula is C27H29NO10. The van der Waals surface area contributed by atoms with Crippen LogP contribution in [0.1, 0.15) is 17.0 Å². The molecule has 3 rings (SSSR count). The highest BCUT2D eigenvalue weighted by Gasteiger charge is 2.64. The number of nitrogens with zero attached hydrogens (tertiary/aromatic N) is 1. The highest BCUT2D eigenvalue weighted by molar-refractivity contribution is 6.04. The smallest absolute Gasteiger partial charge is 0.360 e. The van der Waals surface area contributed by atoms with E-state index in [0.717, 1.165) is 33.3 Å². The van der Waals surface area contributed by atoms with Gasteiger partial charge in [0.1, 0.15) is 17.4 Å². The summed E-state index contributed by atoms with van der Waals surface area (Å²) < 4.78 is 25.2. The standard InChI is InChI=1S/C27H29NO10/c1-34-18-13-11-17(12-14-18)19-20(23(29)35-2)22(25(31)37-4)28(15-16-9-7-6-8-10-16)27(33,26(32)38-5)21(19)24(30)36-3/h6-14,19,21,33H,15H2,1-5H3/t19?,21-,27-/m0/s1. The topological polar surface area (TPSA) is 138 Å². The Balaban J connectivity index is 2.49. The molecule has 1 N–H and O–H groups in total. The summed E-state index contributed by atoms with van der Waals surface area (Å²) in [5, 5.41) is 12.2. The first kappa shape index (κ1) is 28.2. The molecule has 0 aliphatic carbocycles. The van der Waals surface area contributed by atoms with Crippen molar-refractivity contribution in [3.63, 3.8) is 0 Å². The quantitative estimate of drug-likeness (QED) is 0.395. The fraction of sp³-hybridized carbons (Fsp3) is 0.333. The molecule has 11 heteroatoms. The molecule has 2 aromatic rings. The van der Waals surface area contributed by atoms with Gasteiger partial charge in [-0.05, 0) is 23.3 Å². The minimum absolute atomic E-state index is 0.282. The minimum atomic E-state index is -2.82. The molecule has 0 amide bonds. The van der Waals surface area contributed by atoms with Crippen molar-refractivity contribution < 1.29 is 48.0 Å². The number of aliphatic hydroxyl groups is 1. The van der Waals surface area contributed by atoms with Crippen LogP contribution < -0.4 is 4.74 Å². The summed E-state index contributed by atoms with van der Waals surface area (Å²) in [5.74, 6) is -7.04. The molecule has 1 heterocycles. The van der Waals surface area contributed by atoms with Crippen LogP contribution >= 0.6 is 0 Å². The zero-order chi connectivity index (χ0) is 28.0. The summed E-state index contributed by atoms with van der Waals surface area (Å²) in [5.41, 5.74) is -2.79. The van der Waals surface area contributed by atoms with E-state index in [1.54, 1.807) is 42.5 Å². The van der Waals surface area contributed by atoms with Crippen LogP contribution in [-0.2, 0) is 44.7 Å². The van der Waals surface area contributed by atoms with E-state index in [1.165, 1.54) is 19.2 Å². The number of carbonyl (C=O) groups is 4. The Morgan fingerprint density at radius 2 is 1.42 bits per heavy atom. The van der Waals surface area contributed by atoms with Gasteiger partial charge >= 0.3 is 23.9 Å². The zero-order valence-corrected chi connectivity index (χ0v) is 21.6. The molecular weight excluding hydrogens is 498 g/mol. The van der Waals surface area contributed by atoms with Gasteiger partial charge in [0, 0.05) is 12.5 Å². The third kappa shape index (κ3) is 4.92. The van der Waals surface area contributed by atoms with E-state index in [2.05, 4.69) is 0 Å². The first-order chi connectivity index (χ1) is 18.2. The molecule has 1 aliphatic rings. The molecule has 3 atom stereocenters. The van der Waals surface area contributed by atoms with Crippen LogP contribution in [0.4, 0.5) is 0 Å². The summed E-state index contributed by atoms with van der Waals surface area (Å²) in [6, 6.07) is 14.7. The lowest BCUT2D eigenvalue weighted by molar-refractivity contribution is -0.210. The van der Waals surface area contributed by atoms with Crippen LogP contribution in [0.2, 0.25) is 0 Å².